The standard InChI is InChI=1S/C14H18N2O3S/c1-15(10-7-8-20-9-10)14(19)16(2)12-6-4-3-5-11(12)13(17)18/h3-6,10H,7-9H2,1-2H3,(H,17,18). The lowest BCUT2D eigenvalue weighted by Gasteiger charge is -2.29. The van der Waals surface area contributed by atoms with Gasteiger partial charge in [-0.15, -0.1) is 0 Å². The number of benzene rings is 1. The molecule has 0 saturated carbocycles. The van der Waals surface area contributed by atoms with E-state index < -0.39 is 5.97 Å². The summed E-state index contributed by atoms with van der Waals surface area (Å²) in [4.78, 5) is 26.8. The molecule has 1 heterocycles. The number of hydrogen-bond acceptors (Lipinski definition) is 3. The van der Waals surface area contributed by atoms with E-state index in [9.17, 15) is 14.7 Å². The fourth-order valence-electron chi connectivity index (χ4n) is 2.27. The first-order chi connectivity index (χ1) is 9.52. The Morgan fingerprint density at radius 2 is 2.00 bits per heavy atom. The molecule has 5 nitrogen and oxygen atoms in total. The van der Waals surface area contributed by atoms with Crippen LogP contribution in [0, 0.1) is 0 Å². The van der Waals surface area contributed by atoms with Gasteiger partial charge in [-0.25, -0.2) is 9.59 Å². The molecule has 1 aliphatic heterocycles. The Kier molecular flexibility index (Phi) is 4.54. The molecule has 1 N–H and O–H groups in total. The van der Waals surface area contributed by atoms with Crippen LogP contribution in [0.4, 0.5) is 10.5 Å². The normalized spacial score (nSPS) is 17.8. The molecule has 0 aromatic heterocycles. The van der Waals surface area contributed by atoms with Crippen LogP contribution in [0.25, 0.3) is 0 Å². The maximum absolute atomic E-state index is 12.5. The quantitative estimate of drug-likeness (QED) is 0.930. The van der Waals surface area contributed by atoms with Crippen LogP contribution in [0.1, 0.15) is 16.8 Å². The van der Waals surface area contributed by atoms with Crippen molar-refractivity contribution in [2.24, 2.45) is 0 Å². The smallest absolute Gasteiger partial charge is 0.337 e. The fourth-order valence-corrected chi connectivity index (χ4v) is 3.54. The van der Waals surface area contributed by atoms with Gasteiger partial charge in [-0.2, -0.15) is 11.8 Å². The summed E-state index contributed by atoms with van der Waals surface area (Å²) in [6.07, 6.45) is 0.987. The number of carbonyl (C=O) groups excluding carboxylic acids is 1. The third-order valence-corrected chi connectivity index (χ3v) is 4.68. The molecule has 1 saturated heterocycles. The third-order valence-electron chi connectivity index (χ3n) is 3.54. The Labute approximate surface area is 122 Å². The number of carbonyl (C=O) groups is 2. The number of urea groups is 1. The predicted molar refractivity (Wildman–Crippen MR) is 80.7 cm³/mol. The molecule has 1 atom stereocenters. The number of thioether (sulfide) groups is 1. The van der Waals surface area contributed by atoms with Crippen LogP contribution in [0.5, 0.6) is 0 Å². The van der Waals surface area contributed by atoms with Crippen LogP contribution in [0.2, 0.25) is 0 Å². The van der Waals surface area contributed by atoms with Gasteiger partial charge >= 0.3 is 12.0 Å². The highest BCUT2D eigenvalue weighted by Gasteiger charge is 2.27. The van der Waals surface area contributed by atoms with Crippen molar-refractivity contribution in [3.63, 3.8) is 0 Å². The number of nitrogens with zero attached hydrogens (tertiary/aromatic N) is 2. The number of aromatic carboxylic acids is 1. The van der Waals surface area contributed by atoms with Crippen molar-refractivity contribution in [3.8, 4) is 0 Å². The molecule has 1 aromatic carbocycles. The van der Waals surface area contributed by atoms with E-state index in [0.29, 0.717) is 5.69 Å². The minimum absolute atomic E-state index is 0.137. The highest BCUT2D eigenvalue weighted by atomic mass is 32.2. The fraction of sp³-hybridized carbons (Fsp3) is 0.429. The Balaban J connectivity index is 2.20. The van der Waals surface area contributed by atoms with Crippen molar-refractivity contribution in [1.82, 2.24) is 4.90 Å². The molecule has 1 fully saturated rings. The summed E-state index contributed by atoms with van der Waals surface area (Å²) in [5.74, 6) is 0.980. The molecule has 0 radical (unpaired) electrons. The zero-order chi connectivity index (χ0) is 14.7. The summed E-state index contributed by atoms with van der Waals surface area (Å²) < 4.78 is 0. The molecule has 0 spiro atoms. The van der Waals surface area contributed by atoms with E-state index in [1.165, 1.54) is 11.0 Å². The number of hydrogen-bond donors (Lipinski definition) is 1. The van der Waals surface area contributed by atoms with Crippen LogP contribution in [-0.2, 0) is 0 Å². The van der Waals surface area contributed by atoms with E-state index >= 15 is 0 Å². The first-order valence-electron chi connectivity index (χ1n) is 6.43. The molecule has 0 bridgehead atoms. The van der Waals surface area contributed by atoms with Gasteiger partial charge in [0.15, 0.2) is 0 Å². The zero-order valence-electron chi connectivity index (χ0n) is 11.6. The van der Waals surface area contributed by atoms with Gasteiger partial charge in [0.2, 0.25) is 0 Å². The van der Waals surface area contributed by atoms with Crippen molar-refractivity contribution in [1.29, 1.82) is 0 Å². The largest absolute Gasteiger partial charge is 0.478 e. The van der Waals surface area contributed by atoms with Crippen LogP contribution < -0.4 is 4.90 Å². The van der Waals surface area contributed by atoms with Crippen molar-refractivity contribution in [2.45, 2.75) is 12.5 Å². The van der Waals surface area contributed by atoms with Gasteiger partial charge < -0.3 is 10.0 Å². The monoisotopic (exact) mass is 294 g/mol. The van der Waals surface area contributed by atoms with E-state index in [1.54, 1.807) is 37.2 Å². The summed E-state index contributed by atoms with van der Waals surface area (Å²) >= 11 is 1.84. The van der Waals surface area contributed by atoms with Gasteiger partial charge in [-0.3, -0.25) is 4.90 Å². The number of amides is 2. The zero-order valence-corrected chi connectivity index (χ0v) is 12.4. The maximum atomic E-state index is 12.5. The van der Waals surface area contributed by atoms with Crippen molar-refractivity contribution in [2.75, 3.05) is 30.5 Å². The second-order valence-corrected chi connectivity index (χ2v) is 5.94. The molecular weight excluding hydrogens is 276 g/mol. The second-order valence-electron chi connectivity index (χ2n) is 4.79. The van der Waals surface area contributed by atoms with E-state index in [-0.39, 0.29) is 17.6 Å². The lowest BCUT2D eigenvalue weighted by Crippen LogP contribution is -2.45. The van der Waals surface area contributed by atoms with Crippen molar-refractivity contribution < 1.29 is 14.7 Å². The summed E-state index contributed by atoms with van der Waals surface area (Å²) in [6, 6.07) is 6.60. The number of carboxylic acid groups (broad SMARTS) is 1. The topological polar surface area (TPSA) is 60.9 Å². The Morgan fingerprint density at radius 3 is 2.60 bits per heavy atom. The lowest BCUT2D eigenvalue weighted by atomic mass is 10.1. The van der Waals surface area contributed by atoms with E-state index in [2.05, 4.69) is 0 Å². The maximum Gasteiger partial charge on any atom is 0.337 e. The van der Waals surface area contributed by atoms with E-state index in [0.717, 1.165) is 17.9 Å². The highest BCUT2D eigenvalue weighted by molar-refractivity contribution is 7.99. The summed E-state index contributed by atoms with van der Waals surface area (Å²) in [5.41, 5.74) is 0.556. The van der Waals surface area contributed by atoms with Crippen molar-refractivity contribution in [3.05, 3.63) is 29.8 Å². The minimum atomic E-state index is -1.03. The van der Waals surface area contributed by atoms with Crippen LogP contribution in [0.15, 0.2) is 24.3 Å². The van der Waals surface area contributed by atoms with Gasteiger partial charge in [-0.05, 0) is 24.3 Å². The highest BCUT2D eigenvalue weighted by Crippen LogP contribution is 2.25. The lowest BCUT2D eigenvalue weighted by molar-refractivity contribution is 0.0697. The number of rotatable bonds is 3. The predicted octanol–water partition coefficient (Wildman–Crippen LogP) is 2.38. The number of para-hydroxylation sites is 1. The van der Waals surface area contributed by atoms with Gasteiger partial charge in [-0.1, -0.05) is 12.1 Å². The molecule has 2 amide bonds. The Bertz CT molecular complexity index is 515. The van der Waals surface area contributed by atoms with E-state index in [1.807, 2.05) is 11.8 Å². The molecule has 1 aromatic rings. The van der Waals surface area contributed by atoms with Gasteiger partial charge in [0.25, 0.3) is 0 Å². The van der Waals surface area contributed by atoms with Crippen LogP contribution in [-0.4, -0.2) is 53.6 Å². The molecule has 108 valence electrons. The molecule has 0 aliphatic carbocycles. The molecular formula is C14H18N2O3S. The average molecular weight is 294 g/mol. The minimum Gasteiger partial charge on any atom is -0.478 e. The third kappa shape index (κ3) is 2.90. The van der Waals surface area contributed by atoms with Gasteiger partial charge in [0.1, 0.15) is 0 Å². The number of anilines is 1. The molecule has 6 heteroatoms. The Hall–Kier alpha value is -1.69. The van der Waals surface area contributed by atoms with E-state index in [4.69, 9.17) is 0 Å². The first-order valence-corrected chi connectivity index (χ1v) is 7.58. The Morgan fingerprint density at radius 1 is 1.30 bits per heavy atom. The van der Waals surface area contributed by atoms with Gasteiger partial charge in [0, 0.05) is 25.9 Å². The second kappa shape index (κ2) is 6.17. The summed E-state index contributed by atoms with van der Waals surface area (Å²) in [7, 11) is 3.39. The molecule has 20 heavy (non-hydrogen) atoms. The summed E-state index contributed by atoms with van der Waals surface area (Å²) in [6.45, 7) is 0. The number of carboxylic acids is 1. The molecule has 1 aliphatic rings. The van der Waals surface area contributed by atoms with Crippen molar-refractivity contribution >= 4 is 29.4 Å². The van der Waals surface area contributed by atoms with Gasteiger partial charge in [0.05, 0.1) is 11.3 Å². The SMILES string of the molecule is CN(C(=O)N(C)C1CCSC1)c1ccccc1C(=O)O. The van der Waals surface area contributed by atoms with Crippen LogP contribution >= 0.6 is 11.8 Å². The van der Waals surface area contributed by atoms with Crippen LogP contribution in [0.3, 0.4) is 0 Å². The molecule has 2 rings (SSSR count). The summed E-state index contributed by atoms with van der Waals surface area (Å²) in [5, 5.41) is 9.19. The molecule has 1 unspecified atom stereocenters. The average Bonchev–Trinajstić information content (AvgIpc) is 2.99. The first kappa shape index (κ1) is 14.7.